The molecule has 2 rings (SSSR count). The van der Waals surface area contributed by atoms with E-state index in [1.54, 1.807) is 0 Å². The van der Waals surface area contributed by atoms with E-state index in [2.05, 4.69) is 25.7 Å². The standard InChI is InChI=1S/C17H31N3O2/c1-5-18-8-10-19(11-9-18)17(22)15-6-7-16(21)20(14(15)4)12-13(2)3/h13-15H,5-12H2,1-4H3/t14-,15-/m1/s1. The third-order valence-electron chi connectivity index (χ3n) is 5.07. The van der Waals surface area contributed by atoms with Crippen LogP contribution in [0.15, 0.2) is 0 Å². The topological polar surface area (TPSA) is 43.9 Å². The molecule has 0 bridgehead atoms. The van der Waals surface area contributed by atoms with E-state index in [4.69, 9.17) is 0 Å². The molecule has 5 heteroatoms. The third kappa shape index (κ3) is 3.80. The first-order chi connectivity index (χ1) is 10.4. The van der Waals surface area contributed by atoms with E-state index in [1.807, 2.05) is 16.7 Å². The predicted molar refractivity (Wildman–Crippen MR) is 87.4 cm³/mol. The van der Waals surface area contributed by atoms with Gasteiger partial charge < -0.3 is 14.7 Å². The Balaban J connectivity index is 1.98. The summed E-state index contributed by atoms with van der Waals surface area (Å²) in [4.78, 5) is 31.3. The van der Waals surface area contributed by atoms with Crippen LogP contribution in [0, 0.1) is 11.8 Å². The number of amides is 2. The highest BCUT2D eigenvalue weighted by molar-refractivity contribution is 5.84. The van der Waals surface area contributed by atoms with Gasteiger partial charge in [0.15, 0.2) is 0 Å². The largest absolute Gasteiger partial charge is 0.340 e. The van der Waals surface area contributed by atoms with Crippen molar-refractivity contribution in [1.29, 1.82) is 0 Å². The van der Waals surface area contributed by atoms with Crippen molar-refractivity contribution in [2.75, 3.05) is 39.3 Å². The Morgan fingerprint density at radius 2 is 1.86 bits per heavy atom. The fourth-order valence-electron chi connectivity index (χ4n) is 3.62. The number of nitrogens with zero attached hydrogens (tertiary/aromatic N) is 3. The number of carbonyl (C=O) groups excluding carboxylic acids is 2. The van der Waals surface area contributed by atoms with Crippen LogP contribution in [0.1, 0.15) is 40.5 Å². The van der Waals surface area contributed by atoms with E-state index in [0.717, 1.165) is 39.3 Å². The molecule has 0 N–H and O–H groups in total. The Morgan fingerprint density at radius 3 is 2.41 bits per heavy atom. The summed E-state index contributed by atoms with van der Waals surface area (Å²) in [5, 5.41) is 0. The molecule has 2 amide bonds. The van der Waals surface area contributed by atoms with Crippen LogP contribution in [0.25, 0.3) is 0 Å². The van der Waals surface area contributed by atoms with Crippen LogP contribution >= 0.6 is 0 Å². The van der Waals surface area contributed by atoms with Gasteiger partial charge in [-0.05, 0) is 25.8 Å². The summed E-state index contributed by atoms with van der Waals surface area (Å²) < 4.78 is 0. The van der Waals surface area contributed by atoms with Crippen molar-refractivity contribution < 1.29 is 9.59 Å². The van der Waals surface area contributed by atoms with Crippen molar-refractivity contribution in [2.24, 2.45) is 11.8 Å². The molecule has 2 aliphatic rings. The molecule has 0 aromatic carbocycles. The number of hydrogen-bond acceptors (Lipinski definition) is 3. The highest BCUT2D eigenvalue weighted by Gasteiger charge is 2.39. The normalized spacial score (nSPS) is 27.6. The number of hydrogen-bond donors (Lipinski definition) is 0. The van der Waals surface area contributed by atoms with E-state index in [9.17, 15) is 9.59 Å². The van der Waals surface area contributed by atoms with Crippen LogP contribution in [0.4, 0.5) is 0 Å². The van der Waals surface area contributed by atoms with Crippen molar-refractivity contribution in [2.45, 2.75) is 46.6 Å². The smallest absolute Gasteiger partial charge is 0.227 e. The maximum atomic E-state index is 12.9. The molecule has 0 aromatic heterocycles. The fourth-order valence-corrected chi connectivity index (χ4v) is 3.62. The first kappa shape index (κ1) is 17.3. The molecule has 0 unspecified atom stereocenters. The van der Waals surface area contributed by atoms with Gasteiger partial charge in [0.25, 0.3) is 0 Å². The van der Waals surface area contributed by atoms with E-state index < -0.39 is 0 Å². The fraction of sp³-hybridized carbons (Fsp3) is 0.882. The summed E-state index contributed by atoms with van der Waals surface area (Å²) in [5.74, 6) is 0.878. The Morgan fingerprint density at radius 1 is 1.23 bits per heavy atom. The van der Waals surface area contributed by atoms with Gasteiger partial charge in [-0.2, -0.15) is 0 Å². The molecule has 5 nitrogen and oxygen atoms in total. The summed E-state index contributed by atoms with van der Waals surface area (Å²) in [7, 11) is 0. The van der Waals surface area contributed by atoms with Crippen molar-refractivity contribution in [3.8, 4) is 0 Å². The maximum absolute atomic E-state index is 12.9. The molecule has 2 saturated heterocycles. The Kier molecular flexibility index (Phi) is 5.84. The highest BCUT2D eigenvalue weighted by atomic mass is 16.2. The molecule has 126 valence electrons. The van der Waals surface area contributed by atoms with E-state index in [1.165, 1.54) is 0 Å². The second-order valence-electron chi connectivity index (χ2n) is 7.09. The minimum atomic E-state index is -0.0235. The van der Waals surface area contributed by atoms with Gasteiger partial charge in [0.1, 0.15) is 0 Å². The molecule has 0 spiro atoms. The average Bonchev–Trinajstić information content (AvgIpc) is 2.51. The van der Waals surface area contributed by atoms with E-state index in [0.29, 0.717) is 18.8 Å². The summed E-state index contributed by atoms with van der Waals surface area (Å²) in [6.45, 7) is 13.9. The molecular weight excluding hydrogens is 278 g/mol. The van der Waals surface area contributed by atoms with Crippen LogP contribution in [0.2, 0.25) is 0 Å². The zero-order chi connectivity index (χ0) is 16.3. The van der Waals surface area contributed by atoms with Crippen molar-refractivity contribution in [1.82, 2.24) is 14.7 Å². The van der Waals surface area contributed by atoms with Crippen LogP contribution in [-0.2, 0) is 9.59 Å². The van der Waals surface area contributed by atoms with Gasteiger partial charge in [-0.25, -0.2) is 0 Å². The lowest BCUT2D eigenvalue weighted by atomic mass is 9.87. The van der Waals surface area contributed by atoms with E-state index in [-0.39, 0.29) is 23.8 Å². The molecule has 22 heavy (non-hydrogen) atoms. The van der Waals surface area contributed by atoms with Gasteiger partial charge >= 0.3 is 0 Å². The Bertz CT molecular complexity index is 403. The molecule has 0 aromatic rings. The van der Waals surface area contributed by atoms with Crippen LogP contribution < -0.4 is 0 Å². The monoisotopic (exact) mass is 309 g/mol. The number of carbonyl (C=O) groups is 2. The number of likely N-dealkylation sites (N-methyl/N-ethyl adjacent to an activating group) is 1. The highest BCUT2D eigenvalue weighted by Crippen LogP contribution is 2.27. The average molecular weight is 309 g/mol. The second-order valence-corrected chi connectivity index (χ2v) is 7.09. The predicted octanol–water partition coefficient (Wildman–Crippen LogP) is 1.43. The lowest BCUT2D eigenvalue weighted by Gasteiger charge is -2.42. The second kappa shape index (κ2) is 7.44. The first-order valence-electron chi connectivity index (χ1n) is 8.74. The molecule has 2 aliphatic heterocycles. The van der Waals surface area contributed by atoms with Gasteiger partial charge in [0.05, 0.1) is 5.92 Å². The molecule has 2 heterocycles. The van der Waals surface area contributed by atoms with Crippen LogP contribution in [-0.4, -0.2) is 71.8 Å². The van der Waals surface area contributed by atoms with Gasteiger partial charge in [0.2, 0.25) is 11.8 Å². The van der Waals surface area contributed by atoms with Crippen molar-refractivity contribution >= 4 is 11.8 Å². The number of likely N-dealkylation sites (tertiary alicyclic amines) is 1. The molecular formula is C17H31N3O2. The molecule has 2 atom stereocenters. The first-order valence-corrected chi connectivity index (χ1v) is 8.74. The van der Waals surface area contributed by atoms with Gasteiger partial charge in [-0.15, -0.1) is 0 Å². The SMILES string of the molecule is CCN1CCN(C(=O)[C@@H]2CCC(=O)N(CC(C)C)[C@@H]2C)CC1. The summed E-state index contributed by atoms with van der Waals surface area (Å²) in [6, 6.07) is 0.0281. The maximum Gasteiger partial charge on any atom is 0.227 e. The van der Waals surface area contributed by atoms with E-state index >= 15 is 0 Å². The molecule has 2 fully saturated rings. The van der Waals surface area contributed by atoms with Crippen molar-refractivity contribution in [3.05, 3.63) is 0 Å². The quantitative estimate of drug-likeness (QED) is 0.789. The molecule has 0 aliphatic carbocycles. The number of piperazine rings is 1. The van der Waals surface area contributed by atoms with Crippen LogP contribution in [0.3, 0.4) is 0 Å². The molecule has 0 radical (unpaired) electrons. The zero-order valence-corrected chi connectivity index (χ0v) is 14.5. The third-order valence-corrected chi connectivity index (χ3v) is 5.07. The lowest BCUT2D eigenvalue weighted by molar-refractivity contribution is -0.148. The summed E-state index contributed by atoms with van der Waals surface area (Å²) in [6.07, 6.45) is 1.23. The minimum absolute atomic E-state index is 0.0235. The number of piperidine rings is 1. The molecule has 0 saturated carbocycles. The van der Waals surface area contributed by atoms with Gasteiger partial charge in [-0.3, -0.25) is 9.59 Å². The Labute approximate surface area is 134 Å². The zero-order valence-electron chi connectivity index (χ0n) is 14.5. The Hall–Kier alpha value is -1.10. The van der Waals surface area contributed by atoms with Crippen molar-refractivity contribution in [3.63, 3.8) is 0 Å². The van der Waals surface area contributed by atoms with Gasteiger partial charge in [0, 0.05) is 45.2 Å². The summed E-state index contributed by atoms with van der Waals surface area (Å²) in [5.41, 5.74) is 0. The number of rotatable bonds is 4. The summed E-state index contributed by atoms with van der Waals surface area (Å²) >= 11 is 0. The lowest BCUT2D eigenvalue weighted by Crippen LogP contribution is -2.56. The van der Waals surface area contributed by atoms with Gasteiger partial charge in [-0.1, -0.05) is 20.8 Å². The minimum Gasteiger partial charge on any atom is -0.340 e. The van der Waals surface area contributed by atoms with Crippen LogP contribution in [0.5, 0.6) is 0 Å².